The lowest BCUT2D eigenvalue weighted by Gasteiger charge is -2.32. The van der Waals surface area contributed by atoms with Gasteiger partial charge in [-0.05, 0) is 72.9 Å². The maximum Gasteiger partial charge on any atom is 0.174 e. The molecule has 166 valence electrons. The van der Waals surface area contributed by atoms with Crippen molar-refractivity contribution in [3.8, 4) is 0 Å². The number of benzene rings is 1. The van der Waals surface area contributed by atoms with Crippen LogP contribution in [0.4, 0.5) is 5.69 Å². The molecule has 1 N–H and O–H groups in total. The maximum atomic E-state index is 5.91. The Balaban J connectivity index is 1.58. The van der Waals surface area contributed by atoms with Crippen molar-refractivity contribution in [3.05, 3.63) is 83.9 Å². The zero-order valence-electron chi connectivity index (χ0n) is 18.9. The molecule has 1 aliphatic heterocycles. The van der Waals surface area contributed by atoms with Crippen molar-refractivity contribution in [2.24, 2.45) is 0 Å². The van der Waals surface area contributed by atoms with Crippen molar-refractivity contribution < 1.29 is 0 Å². The molecule has 4 nitrogen and oxygen atoms in total. The van der Waals surface area contributed by atoms with Crippen molar-refractivity contribution >= 4 is 23.0 Å². The third-order valence-electron chi connectivity index (χ3n) is 7.02. The Morgan fingerprint density at radius 3 is 2.44 bits per heavy atom. The van der Waals surface area contributed by atoms with Crippen LogP contribution in [0.2, 0.25) is 0 Å². The fourth-order valence-electron chi connectivity index (χ4n) is 5.30. The highest BCUT2D eigenvalue weighted by molar-refractivity contribution is 7.80. The number of hydrogen-bond donors (Lipinski definition) is 1. The molecule has 1 saturated carbocycles. The lowest BCUT2D eigenvalue weighted by molar-refractivity contribution is 0.340. The van der Waals surface area contributed by atoms with Crippen LogP contribution in [-0.2, 0) is 0 Å². The molecule has 3 aromatic rings. The molecule has 5 heteroatoms. The van der Waals surface area contributed by atoms with Crippen molar-refractivity contribution in [3.63, 3.8) is 0 Å². The van der Waals surface area contributed by atoms with E-state index >= 15 is 0 Å². The molecule has 2 unspecified atom stereocenters. The van der Waals surface area contributed by atoms with Gasteiger partial charge in [0.25, 0.3) is 0 Å². The van der Waals surface area contributed by atoms with Crippen molar-refractivity contribution in [2.75, 3.05) is 4.90 Å². The zero-order chi connectivity index (χ0) is 22.1. The van der Waals surface area contributed by atoms with Crippen molar-refractivity contribution in [2.45, 2.75) is 70.0 Å². The molecule has 2 atom stereocenters. The lowest BCUT2D eigenvalue weighted by Crippen LogP contribution is -2.31. The number of nitrogens with zero attached hydrogens (tertiary/aromatic N) is 3. The van der Waals surface area contributed by atoms with Crippen LogP contribution in [0.1, 0.15) is 86.9 Å². The van der Waals surface area contributed by atoms with Crippen molar-refractivity contribution in [1.29, 1.82) is 0 Å². The van der Waals surface area contributed by atoms with Crippen LogP contribution in [0.15, 0.2) is 67.0 Å². The van der Waals surface area contributed by atoms with E-state index in [1.807, 2.05) is 12.3 Å². The number of thiocarbonyl (C=S) groups is 1. The fraction of sp³-hybridized carbons (Fsp3) is 0.407. The monoisotopic (exact) mass is 444 g/mol. The van der Waals surface area contributed by atoms with E-state index in [9.17, 15) is 0 Å². The number of aromatic nitrogens is 2. The van der Waals surface area contributed by atoms with E-state index < -0.39 is 0 Å². The van der Waals surface area contributed by atoms with Gasteiger partial charge in [-0.15, -0.1) is 0 Å². The molecule has 1 aromatic carbocycles. The molecule has 1 saturated heterocycles. The summed E-state index contributed by atoms with van der Waals surface area (Å²) in [5.74, 6) is 0.508. The summed E-state index contributed by atoms with van der Waals surface area (Å²) in [5.41, 5.74) is 4.81. The second-order valence-corrected chi connectivity index (χ2v) is 9.76. The van der Waals surface area contributed by atoms with E-state index in [4.69, 9.17) is 17.2 Å². The first-order valence-corrected chi connectivity index (χ1v) is 12.3. The van der Waals surface area contributed by atoms with Crippen molar-refractivity contribution in [1.82, 2.24) is 14.9 Å². The normalized spacial score (nSPS) is 21.8. The molecule has 0 bridgehead atoms. The molecule has 2 fully saturated rings. The third kappa shape index (κ3) is 3.95. The Labute approximate surface area is 196 Å². The zero-order valence-corrected chi connectivity index (χ0v) is 19.8. The highest BCUT2D eigenvalue weighted by atomic mass is 32.1. The average Bonchev–Trinajstić information content (AvgIpc) is 3.44. The van der Waals surface area contributed by atoms with Gasteiger partial charge in [0.15, 0.2) is 5.11 Å². The summed E-state index contributed by atoms with van der Waals surface area (Å²) in [6.45, 7) is 4.46. The predicted molar refractivity (Wildman–Crippen MR) is 135 cm³/mol. The van der Waals surface area contributed by atoms with E-state index in [0.717, 1.165) is 16.5 Å². The highest BCUT2D eigenvalue weighted by Gasteiger charge is 2.42. The van der Waals surface area contributed by atoms with Gasteiger partial charge in [0.1, 0.15) is 6.04 Å². The van der Waals surface area contributed by atoms with E-state index in [-0.39, 0.29) is 12.1 Å². The second-order valence-electron chi connectivity index (χ2n) is 9.37. The van der Waals surface area contributed by atoms with E-state index in [1.165, 1.54) is 43.4 Å². The predicted octanol–water partition coefficient (Wildman–Crippen LogP) is 6.69. The Bertz CT molecular complexity index is 1050. The number of nitrogens with one attached hydrogen (secondary N) is 1. The van der Waals surface area contributed by atoms with Crippen LogP contribution in [0, 0.1) is 0 Å². The number of pyridine rings is 1. The summed E-state index contributed by atoms with van der Waals surface area (Å²) in [4.78, 5) is 7.00. The summed E-state index contributed by atoms with van der Waals surface area (Å²) < 4.78 is 2.52. The van der Waals surface area contributed by atoms with Crippen LogP contribution >= 0.6 is 12.2 Å². The SMILES string of the molecule is CC(C)c1ccc(N2C(=S)NC(c3ccccn3)C2c2cccn2C2CCCCC2)cc1. The quantitative estimate of drug-likeness (QED) is 0.445. The molecule has 2 aliphatic rings. The van der Waals surface area contributed by atoms with Gasteiger partial charge in [0, 0.05) is 29.8 Å². The summed E-state index contributed by atoms with van der Waals surface area (Å²) in [6.07, 6.45) is 10.6. The van der Waals surface area contributed by atoms with Gasteiger partial charge in [0.2, 0.25) is 0 Å². The smallest absolute Gasteiger partial charge is 0.174 e. The molecule has 0 spiro atoms. The largest absolute Gasteiger partial charge is 0.351 e. The molecule has 0 amide bonds. The first-order chi connectivity index (χ1) is 15.6. The van der Waals surface area contributed by atoms with Gasteiger partial charge >= 0.3 is 0 Å². The fourth-order valence-corrected chi connectivity index (χ4v) is 5.65. The molecule has 3 heterocycles. The van der Waals surface area contributed by atoms with Gasteiger partial charge in [-0.1, -0.05) is 51.3 Å². The topological polar surface area (TPSA) is 33.1 Å². The first-order valence-electron chi connectivity index (χ1n) is 11.9. The molecular weight excluding hydrogens is 412 g/mol. The van der Waals surface area contributed by atoms with Crippen LogP contribution in [0.25, 0.3) is 0 Å². The Kier molecular flexibility index (Phi) is 6.01. The first kappa shape index (κ1) is 21.2. The third-order valence-corrected chi connectivity index (χ3v) is 7.33. The molecule has 1 aliphatic carbocycles. The van der Waals surface area contributed by atoms with E-state index in [2.05, 4.69) is 83.4 Å². The van der Waals surface area contributed by atoms with Crippen LogP contribution < -0.4 is 10.2 Å². The van der Waals surface area contributed by atoms with Crippen LogP contribution in [0.3, 0.4) is 0 Å². The molecule has 32 heavy (non-hydrogen) atoms. The molecule has 2 aromatic heterocycles. The highest BCUT2D eigenvalue weighted by Crippen LogP contribution is 2.43. The van der Waals surface area contributed by atoms with Gasteiger partial charge in [-0.2, -0.15) is 0 Å². The van der Waals surface area contributed by atoms with Gasteiger partial charge in [0.05, 0.1) is 11.7 Å². The minimum Gasteiger partial charge on any atom is -0.351 e. The van der Waals surface area contributed by atoms with Gasteiger partial charge < -0.3 is 14.8 Å². The van der Waals surface area contributed by atoms with E-state index in [0.29, 0.717) is 12.0 Å². The minimum absolute atomic E-state index is 0.00529. The summed E-state index contributed by atoms with van der Waals surface area (Å²) in [6, 6.07) is 20.1. The summed E-state index contributed by atoms with van der Waals surface area (Å²) >= 11 is 5.91. The minimum atomic E-state index is 0.00529. The summed E-state index contributed by atoms with van der Waals surface area (Å²) in [5, 5.41) is 4.37. The number of rotatable bonds is 5. The Hall–Kier alpha value is -2.66. The standard InChI is InChI=1S/C27H32N4S/c1-19(2)20-13-15-22(16-14-20)31-26(25(29-27(31)32)23-11-6-7-17-28-23)24-12-8-18-30(24)21-9-4-3-5-10-21/h6-8,11-19,21,25-26H,3-5,9-10H2,1-2H3,(H,29,32). The summed E-state index contributed by atoms with van der Waals surface area (Å²) in [7, 11) is 0. The van der Waals surface area contributed by atoms with Gasteiger partial charge in [-0.3, -0.25) is 4.98 Å². The number of anilines is 1. The lowest BCUT2D eigenvalue weighted by atomic mass is 9.94. The van der Waals surface area contributed by atoms with Crippen LogP contribution in [-0.4, -0.2) is 14.7 Å². The molecular formula is C27H32N4S. The second kappa shape index (κ2) is 9.07. The molecule has 5 rings (SSSR count). The molecule has 0 radical (unpaired) electrons. The average molecular weight is 445 g/mol. The Morgan fingerprint density at radius 1 is 0.969 bits per heavy atom. The Morgan fingerprint density at radius 2 is 1.75 bits per heavy atom. The van der Waals surface area contributed by atoms with Crippen LogP contribution in [0.5, 0.6) is 0 Å². The van der Waals surface area contributed by atoms with Gasteiger partial charge in [-0.25, -0.2) is 0 Å². The van der Waals surface area contributed by atoms with E-state index in [1.54, 1.807) is 0 Å². The maximum absolute atomic E-state index is 5.91. The number of hydrogen-bond acceptors (Lipinski definition) is 2.